The van der Waals surface area contributed by atoms with Crippen molar-refractivity contribution < 1.29 is 14.6 Å². The minimum absolute atomic E-state index is 0.0128. The summed E-state index contributed by atoms with van der Waals surface area (Å²) in [5.41, 5.74) is 9.53. The molecule has 1 aromatic heterocycles. The van der Waals surface area contributed by atoms with Crippen molar-refractivity contribution in [2.75, 3.05) is 6.61 Å². The first kappa shape index (κ1) is 26.7. The van der Waals surface area contributed by atoms with Crippen molar-refractivity contribution >= 4 is 17.5 Å². The van der Waals surface area contributed by atoms with Crippen LogP contribution in [0.2, 0.25) is 5.02 Å². The summed E-state index contributed by atoms with van der Waals surface area (Å²) in [5, 5.41) is 12.9. The molecule has 1 unspecified atom stereocenters. The van der Waals surface area contributed by atoms with Crippen LogP contribution in [0.25, 0.3) is 11.3 Å². The lowest BCUT2D eigenvalue weighted by Gasteiger charge is -2.19. The van der Waals surface area contributed by atoms with E-state index in [0.717, 1.165) is 29.1 Å². The number of halogens is 1. The zero-order valence-electron chi connectivity index (χ0n) is 20.8. The second-order valence-electron chi connectivity index (χ2n) is 9.01. The van der Waals surface area contributed by atoms with Gasteiger partial charge in [-0.25, -0.2) is 4.98 Å². The third-order valence-electron chi connectivity index (χ3n) is 5.79. The zero-order valence-corrected chi connectivity index (χ0v) is 21.5. The van der Waals surface area contributed by atoms with E-state index in [-0.39, 0.29) is 30.7 Å². The largest absolute Gasteiger partial charge is 0.489 e. The van der Waals surface area contributed by atoms with E-state index in [4.69, 9.17) is 27.1 Å². The standard InChI is InChI=1S/C27H35ClN4O3/c1-5-23(29)26-31-24(16-32(26)4)19-8-6-18(7-9-19)14-21(12-13-33)30-27(34)20-10-11-25(22(28)15-20)35-17(2)3/h6-11,15-17,21,23,33H,5,12-14,29H2,1-4H3,(H,30,34)/t21?,23-/m0/s1. The molecule has 1 amide bonds. The average Bonchev–Trinajstić information content (AvgIpc) is 3.21. The maximum Gasteiger partial charge on any atom is 0.251 e. The minimum atomic E-state index is -0.244. The van der Waals surface area contributed by atoms with Crippen LogP contribution in [-0.4, -0.2) is 39.3 Å². The molecule has 0 aliphatic carbocycles. The summed E-state index contributed by atoms with van der Waals surface area (Å²) in [6.07, 6.45) is 3.82. The minimum Gasteiger partial charge on any atom is -0.489 e. The number of carbonyl (C=O) groups is 1. The summed E-state index contributed by atoms with van der Waals surface area (Å²) >= 11 is 6.29. The lowest BCUT2D eigenvalue weighted by molar-refractivity contribution is 0.0930. The van der Waals surface area contributed by atoms with Crippen LogP contribution < -0.4 is 15.8 Å². The Morgan fingerprint density at radius 2 is 1.94 bits per heavy atom. The van der Waals surface area contributed by atoms with Crippen molar-refractivity contribution in [3.05, 3.63) is 70.6 Å². The van der Waals surface area contributed by atoms with Gasteiger partial charge < -0.3 is 25.5 Å². The molecule has 2 atom stereocenters. The molecule has 1 heterocycles. The number of hydrogen-bond acceptors (Lipinski definition) is 5. The number of ether oxygens (including phenoxy) is 1. The highest BCUT2D eigenvalue weighted by molar-refractivity contribution is 6.32. The molecule has 35 heavy (non-hydrogen) atoms. The first-order chi connectivity index (χ1) is 16.7. The number of aliphatic hydroxyl groups is 1. The van der Waals surface area contributed by atoms with Gasteiger partial charge in [0.2, 0.25) is 0 Å². The van der Waals surface area contributed by atoms with Gasteiger partial charge in [0.05, 0.1) is 22.9 Å². The van der Waals surface area contributed by atoms with Crippen molar-refractivity contribution in [2.24, 2.45) is 12.8 Å². The molecule has 0 bridgehead atoms. The smallest absolute Gasteiger partial charge is 0.251 e. The third-order valence-corrected chi connectivity index (χ3v) is 6.08. The number of amides is 1. The van der Waals surface area contributed by atoms with E-state index < -0.39 is 0 Å². The number of aryl methyl sites for hydroxylation is 1. The number of imidazole rings is 1. The van der Waals surface area contributed by atoms with Gasteiger partial charge in [-0.1, -0.05) is 42.8 Å². The highest BCUT2D eigenvalue weighted by atomic mass is 35.5. The third kappa shape index (κ3) is 7.07. The number of nitrogens with zero attached hydrogens (tertiary/aromatic N) is 2. The van der Waals surface area contributed by atoms with Gasteiger partial charge in [0, 0.05) is 37.0 Å². The number of nitrogens with one attached hydrogen (secondary N) is 1. The quantitative estimate of drug-likeness (QED) is 0.357. The summed E-state index contributed by atoms with van der Waals surface area (Å²) in [5.74, 6) is 1.16. The summed E-state index contributed by atoms with van der Waals surface area (Å²) in [7, 11) is 1.95. The molecule has 3 rings (SSSR count). The molecular weight excluding hydrogens is 464 g/mol. The Balaban J connectivity index is 1.68. The first-order valence-electron chi connectivity index (χ1n) is 12.0. The topological polar surface area (TPSA) is 102 Å². The van der Waals surface area contributed by atoms with Crippen LogP contribution in [0.1, 0.15) is 61.4 Å². The number of nitrogens with two attached hydrogens (primary N) is 1. The Labute approximate surface area is 212 Å². The fraction of sp³-hybridized carbons (Fsp3) is 0.407. The predicted octanol–water partition coefficient (Wildman–Crippen LogP) is 4.66. The summed E-state index contributed by atoms with van der Waals surface area (Å²) in [6.45, 7) is 5.84. The molecule has 0 aliphatic rings. The van der Waals surface area contributed by atoms with Crippen LogP contribution in [0.3, 0.4) is 0 Å². The molecule has 0 spiro atoms. The lowest BCUT2D eigenvalue weighted by Crippen LogP contribution is -2.37. The molecule has 7 nitrogen and oxygen atoms in total. The molecule has 0 saturated heterocycles. The van der Waals surface area contributed by atoms with Crippen LogP contribution in [0.4, 0.5) is 0 Å². The van der Waals surface area contributed by atoms with E-state index in [9.17, 15) is 9.90 Å². The zero-order chi connectivity index (χ0) is 25.5. The molecule has 4 N–H and O–H groups in total. The Morgan fingerprint density at radius 1 is 1.23 bits per heavy atom. The normalized spacial score (nSPS) is 13.0. The molecule has 8 heteroatoms. The van der Waals surface area contributed by atoms with Crippen LogP contribution in [0.5, 0.6) is 5.75 Å². The van der Waals surface area contributed by atoms with Gasteiger partial charge in [-0.3, -0.25) is 4.79 Å². The fourth-order valence-electron chi connectivity index (χ4n) is 3.88. The Morgan fingerprint density at radius 3 is 2.54 bits per heavy atom. The molecular formula is C27H35ClN4O3. The second-order valence-corrected chi connectivity index (χ2v) is 9.41. The van der Waals surface area contributed by atoms with Gasteiger partial charge in [0.25, 0.3) is 5.91 Å². The highest BCUT2D eigenvalue weighted by Crippen LogP contribution is 2.27. The van der Waals surface area contributed by atoms with Gasteiger partial charge in [0.1, 0.15) is 11.6 Å². The summed E-state index contributed by atoms with van der Waals surface area (Å²) in [6, 6.07) is 12.8. The van der Waals surface area contributed by atoms with Crippen molar-refractivity contribution in [3.63, 3.8) is 0 Å². The van der Waals surface area contributed by atoms with Gasteiger partial charge in [0.15, 0.2) is 0 Å². The fourth-order valence-corrected chi connectivity index (χ4v) is 4.11. The summed E-state index contributed by atoms with van der Waals surface area (Å²) in [4.78, 5) is 17.5. The van der Waals surface area contributed by atoms with Crippen molar-refractivity contribution in [2.45, 2.75) is 58.2 Å². The molecule has 0 saturated carbocycles. The predicted molar refractivity (Wildman–Crippen MR) is 140 cm³/mol. The molecule has 2 aromatic carbocycles. The van der Waals surface area contributed by atoms with Crippen molar-refractivity contribution in [3.8, 4) is 17.0 Å². The highest BCUT2D eigenvalue weighted by Gasteiger charge is 2.17. The van der Waals surface area contributed by atoms with E-state index >= 15 is 0 Å². The molecule has 0 fully saturated rings. The maximum absolute atomic E-state index is 12.8. The average molecular weight is 499 g/mol. The number of benzene rings is 2. The van der Waals surface area contributed by atoms with Gasteiger partial charge in [-0.05, 0) is 56.9 Å². The number of aliphatic hydroxyl groups excluding tert-OH is 1. The van der Waals surface area contributed by atoms with Gasteiger partial charge in [-0.2, -0.15) is 0 Å². The SMILES string of the molecule is CC[C@H](N)c1nc(-c2ccc(CC(CCO)NC(=O)c3ccc(OC(C)C)c(Cl)c3)cc2)cn1C. The van der Waals surface area contributed by atoms with E-state index in [0.29, 0.717) is 29.2 Å². The Kier molecular flexibility index (Phi) is 9.32. The van der Waals surface area contributed by atoms with E-state index in [2.05, 4.69) is 5.32 Å². The first-order valence-corrected chi connectivity index (χ1v) is 12.4. The van der Waals surface area contributed by atoms with Crippen molar-refractivity contribution in [1.82, 2.24) is 14.9 Å². The summed E-state index contributed by atoms with van der Waals surface area (Å²) < 4.78 is 7.61. The number of rotatable bonds is 11. The Hall–Kier alpha value is -2.87. The van der Waals surface area contributed by atoms with Crippen LogP contribution >= 0.6 is 11.6 Å². The van der Waals surface area contributed by atoms with Gasteiger partial charge >= 0.3 is 0 Å². The van der Waals surface area contributed by atoms with Crippen LogP contribution in [-0.2, 0) is 13.5 Å². The van der Waals surface area contributed by atoms with E-state index in [1.165, 1.54) is 0 Å². The van der Waals surface area contributed by atoms with Crippen LogP contribution in [0, 0.1) is 0 Å². The lowest BCUT2D eigenvalue weighted by atomic mass is 10.0. The van der Waals surface area contributed by atoms with Gasteiger partial charge in [-0.15, -0.1) is 0 Å². The maximum atomic E-state index is 12.8. The van der Waals surface area contributed by atoms with E-state index in [1.807, 2.05) is 62.8 Å². The number of carbonyl (C=O) groups excluding carboxylic acids is 1. The molecule has 0 radical (unpaired) electrons. The number of hydrogen-bond donors (Lipinski definition) is 3. The van der Waals surface area contributed by atoms with E-state index in [1.54, 1.807) is 18.2 Å². The molecule has 3 aromatic rings. The van der Waals surface area contributed by atoms with Crippen molar-refractivity contribution in [1.29, 1.82) is 0 Å². The van der Waals surface area contributed by atoms with Crippen LogP contribution in [0.15, 0.2) is 48.7 Å². The second kappa shape index (κ2) is 12.2. The number of aromatic nitrogens is 2. The molecule has 0 aliphatic heterocycles. The monoisotopic (exact) mass is 498 g/mol. The molecule has 188 valence electrons. The Bertz CT molecular complexity index is 1130.